The maximum absolute atomic E-state index is 12.3. The van der Waals surface area contributed by atoms with E-state index in [9.17, 15) is 23.3 Å². The van der Waals surface area contributed by atoms with Gasteiger partial charge in [0.15, 0.2) is 0 Å². The molecule has 0 saturated heterocycles. The van der Waals surface area contributed by atoms with Gasteiger partial charge in [0.25, 0.3) is 15.7 Å². The van der Waals surface area contributed by atoms with Gasteiger partial charge in [0.05, 0.1) is 15.4 Å². The van der Waals surface area contributed by atoms with Crippen LogP contribution in [0.1, 0.15) is 10.4 Å². The fraction of sp³-hybridized carbons (Fsp3) is 0. The van der Waals surface area contributed by atoms with Crippen molar-refractivity contribution < 1.29 is 23.2 Å². The van der Waals surface area contributed by atoms with Crippen LogP contribution in [0.25, 0.3) is 0 Å². The molecular weight excluding hydrogens is 348 g/mol. The minimum absolute atomic E-state index is 0.104. The van der Waals surface area contributed by atoms with Crippen molar-refractivity contribution in [1.82, 2.24) is 0 Å². The number of carbonyl (C=O) groups is 1. The number of rotatable bonds is 5. The second-order valence-corrected chi connectivity index (χ2v) is 6.48. The highest BCUT2D eigenvalue weighted by Gasteiger charge is 2.22. The maximum atomic E-state index is 12.3. The van der Waals surface area contributed by atoms with E-state index in [0.717, 1.165) is 18.2 Å². The molecule has 0 aliphatic heterocycles. The maximum Gasteiger partial charge on any atom is 0.335 e. The van der Waals surface area contributed by atoms with Crippen molar-refractivity contribution in [3.63, 3.8) is 0 Å². The lowest BCUT2D eigenvalue weighted by molar-refractivity contribution is -0.383. The van der Waals surface area contributed by atoms with Crippen LogP contribution in [0, 0.1) is 10.1 Å². The zero-order chi connectivity index (χ0) is 17.2. The Morgan fingerprint density at radius 1 is 1.22 bits per heavy atom. The molecule has 0 unspecified atom stereocenters. The lowest BCUT2D eigenvalue weighted by Gasteiger charge is -2.09. The van der Waals surface area contributed by atoms with Gasteiger partial charge >= 0.3 is 5.97 Å². The molecule has 2 N–H and O–H groups in total. The van der Waals surface area contributed by atoms with Crippen LogP contribution < -0.4 is 4.72 Å². The molecule has 2 aromatic rings. The van der Waals surface area contributed by atoms with Crippen molar-refractivity contribution in [1.29, 1.82) is 0 Å². The summed E-state index contributed by atoms with van der Waals surface area (Å²) < 4.78 is 26.6. The van der Waals surface area contributed by atoms with Gasteiger partial charge in [0, 0.05) is 11.1 Å². The average Bonchev–Trinajstić information content (AvgIpc) is 2.46. The van der Waals surface area contributed by atoms with Crippen LogP contribution in [-0.4, -0.2) is 24.4 Å². The zero-order valence-electron chi connectivity index (χ0n) is 11.3. The number of sulfonamides is 1. The third-order valence-corrected chi connectivity index (χ3v) is 4.39. The Balaban J connectivity index is 2.47. The van der Waals surface area contributed by atoms with Crippen molar-refractivity contribution >= 4 is 39.0 Å². The van der Waals surface area contributed by atoms with Gasteiger partial charge in [0.1, 0.15) is 5.69 Å². The fourth-order valence-corrected chi connectivity index (χ4v) is 3.03. The minimum atomic E-state index is -4.22. The summed E-state index contributed by atoms with van der Waals surface area (Å²) in [6.07, 6.45) is 0. The molecular formula is C13H9ClN2O6S. The number of nitrogens with one attached hydrogen (secondary N) is 1. The molecule has 0 aliphatic carbocycles. The Hall–Kier alpha value is -2.65. The van der Waals surface area contributed by atoms with E-state index in [0.29, 0.717) is 0 Å². The van der Waals surface area contributed by atoms with E-state index in [1.54, 1.807) is 0 Å². The SMILES string of the molecule is O=C(O)c1cccc(S(=O)(=O)Nc2cc(Cl)ccc2[N+](=O)[O-])c1. The molecule has 23 heavy (non-hydrogen) atoms. The number of hydrogen-bond acceptors (Lipinski definition) is 5. The lowest BCUT2D eigenvalue weighted by Crippen LogP contribution is -2.14. The number of carboxylic acids is 1. The summed E-state index contributed by atoms with van der Waals surface area (Å²) in [5.74, 6) is -1.30. The second-order valence-electron chi connectivity index (χ2n) is 4.36. The summed E-state index contributed by atoms with van der Waals surface area (Å²) in [7, 11) is -4.22. The zero-order valence-corrected chi connectivity index (χ0v) is 12.8. The van der Waals surface area contributed by atoms with Crippen LogP contribution in [0.3, 0.4) is 0 Å². The first kappa shape index (κ1) is 16.7. The number of aromatic carboxylic acids is 1. The van der Waals surface area contributed by atoms with Crippen molar-refractivity contribution in [2.45, 2.75) is 4.90 Å². The Bertz CT molecular complexity index is 897. The van der Waals surface area contributed by atoms with Gasteiger partial charge in [0.2, 0.25) is 0 Å². The van der Waals surface area contributed by atoms with Gasteiger partial charge < -0.3 is 5.11 Å². The number of benzene rings is 2. The molecule has 0 aromatic heterocycles. The predicted molar refractivity (Wildman–Crippen MR) is 82.3 cm³/mol. The molecule has 2 aromatic carbocycles. The van der Waals surface area contributed by atoms with Crippen LogP contribution in [0.4, 0.5) is 11.4 Å². The third-order valence-electron chi connectivity index (χ3n) is 2.79. The van der Waals surface area contributed by atoms with Gasteiger partial charge in [-0.1, -0.05) is 17.7 Å². The normalized spacial score (nSPS) is 11.0. The first-order valence-corrected chi connectivity index (χ1v) is 7.87. The Labute approximate surface area is 135 Å². The summed E-state index contributed by atoms with van der Waals surface area (Å²) in [5.41, 5.74) is -1.02. The quantitative estimate of drug-likeness (QED) is 0.626. The molecule has 2 rings (SSSR count). The van der Waals surface area contributed by atoms with E-state index in [4.69, 9.17) is 16.7 Å². The van der Waals surface area contributed by atoms with E-state index in [1.165, 1.54) is 24.3 Å². The van der Waals surface area contributed by atoms with Crippen LogP contribution in [0.5, 0.6) is 0 Å². The highest BCUT2D eigenvalue weighted by atomic mass is 35.5. The molecule has 8 nitrogen and oxygen atoms in total. The van der Waals surface area contributed by atoms with Gasteiger partial charge in [-0.3, -0.25) is 14.8 Å². The van der Waals surface area contributed by atoms with Crippen molar-refractivity contribution in [2.75, 3.05) is 4.72 Å². The topological polar surface area (TPSA) is 127 Å². The van der Waals surface area contributed by atoms with E-state index < -0.39 is 26.6 Å². The molecule has 0 amide bonds. The number of hydrogen-bond donors (Lipinski definition) is 2. The minimum Gasteiger partial charge on any atom is -0.478 e. The van der Waals surface area contributed by atoms with Crippen molar-refractivity contribution in [2.24, 2.45) is 0 Å². The second kappa shape index (κ2) is 6.23. The highest BCUT2D eigenvalue weighted by molar-refractivity contribution is 7.92. The summed E-state index contributed by atoms with van der Waals surface area (Å²) in [4.78, 5) is 20.8. The molecule has 0 heterocycles. The van der Waals surface area contributed by atoms with Gasteiger partial charge in [-0.2, -0.15) is 0 Å². The molecule has 0 saturated carbocycles. The van der Waals surface area contributed by atoms with Gasteiger partial charge in [-0.05, 0) is 30.3 Å². The Kier molecular flexibility index (Phi) is 4.52. The first-order valence-electron chi connectivity index (χ1n) is 6.01. The van der Waals surface area contributed by atoms with E-state index in [1.807, 2.05) is 4.72 Å². The summed E-state index contributed by atoms with van der Waals surface area (Å²) in [6.45, 7) is 0. The molecule has 0 radical (unpaired) electrons. The number of anilines is 1. The number of nitro groups is 1. The summed E-state index contributed by atoms with van der Waals surface area (Å²) in [6, 6.07) is 8.01. The van der Waals surface area contributed by atoms with E-state index in [-0.39, 0.29) is 21.2 Å². The van der Waals surface area contributed by atoms with Gasteiger partial charge in [-0.25, -0.2) is 13.2 Å². The third kappa shape index (κ3) is 3.76. The largest absolute Gasteiger partial charge is 0.478 e. The Morgan fingerprint density at radius 2 is 1.91 bits per heavy atom. The fourth-order valence-electron chi connectivity index (χ4n) is 1.75. The standard InChI is InChI=1S/C13H9ClN2O6S/c14-9-4-5-12(16(19)20)11(7-9)15-23(21,22)10-3-1-2-8(6-10)13(17)18/h1-7,15H,(H,17,18). The monoisotopic (exact) mass is 356 g/mol. The lowest BCUT2D eigenvalue weighted by atomic mass is 10.2. The first-order chi connectivity index (χ1) is 10.7. The molecule has 0 fully saturated rings. The summed E-state index contributed by atoms with van der Waals surface area (Å²) in [5, 5.41) is 19.9. The molecule has 0 aliphatic rings. The van der Waals surface area contributed by atoms with Crippen molar-refractivity contribution in [3.05, 3.63) is 63.2 Å². The van der Waals surface area contributed by atoms with Crippen molar-refractivity contribution in [3.8, 4) is 0 Å². The molecule has 120 valence electrons. The molecule has 0 bridgehead atoms. The Morgan fingerprint density at radius 3 is 2.52 bits per heavy atom. The van der Waals surface area contributed by atoms with Crippen LogP contribution in [-0.2, 0) is 10.0 Å². The van der Waals surface area contributed by atoms with Crippen LogP contribution >= 0.6 is 11.6 Å². The van der Waals surface area contributed by atoms with E-state index in [2.05, 4.69) is 0 Å². The van der Waals surface area contributed by atoms with Gasteiger partial charge in [-0.15, -0.1) is 0 Å². The molecule has 10 heteroatoms. The number of nitrogens with zero attached hydrogens (tertiary/aromatic N) is 1. The molecule has 0 spiro atoms. The highest BCUT2D eigenvalue weighted by Crippen LogP contribution is 2.29. The smallest absolute Gasteiger partial charge is 0.335 e. The number of nitro benzene ring substituents is 1. The van der Waals surface area contributed by atoms with E-state index >= 15 is 0 Å². The predicted octanol–water partition coefficient (Wildman–Crippen LogP) is 2.75. The molecule has 0 atom stereocenters. The summed E-state index contributed by atoms with van der Waals surface area (Å²) >= 11 is 5.73. The van der Waals surface area contributed by atoms with Crippen LogP contribution in [0.2, 0.25) is 5.02 Å². The number of carboxylic acid groups (broad SMARTS) is 1. The average molecular weight is 357 g/mol. The van der Waals surface area contributed by atoms with Crippen LogP contribution in [0.15, 0.2) is 47.4 Å². The number of halogens is 1.